The molecular formula is C35H36BNO5. The van der Waals surface area contributed by atoms with E-state index in [1.807, 2.05) is 80.6 Å². The Morgan fingerprint density at radius 2 is 1.48 bits per heavy atom. The van der Waals surface area contributed by atoms with Gasteiger partial charge >= 0.3 is 0 Å². The van der Waals surface area contributed by atoms with E-state index < -0.39 is 5.79 Å². The van der Waals surface area contributed by atoms with Crippen LogP contribution in [0.5, 0.6) is 17.2 Å². The lowest BCUT2D eigenvalue weighted by atomic mass is 9.93. The number of carbonyl (C=O) groups is 1. The van der Waals surface area contributed by atoms with Crippen LogP contribution in [0.2, 0.25) is 0 Å². The number of nitrogens with zero attached hydrogens (tertiary/aromatic N) is 1. The lowest BCUT2D eigenvalue weighted by Crippen LogP contribution is -2.37. The summed E-state index contributed by atoms with van der Waals surface area (Å²) in [6.45, 7) is 5.01. The van der Waals surface area contributed by atoms with Crippen molar-refractivity contribution in [1.29, 1.82) is 0 Å². The second kappa shape index (κ2) is 12.8. The third kappa shape index (κ3) is 7.04. The normalized spacial score (nSPS) is 13.9. The maximum Gasteiger partial charge on any atom is 0.205 e. The highest BCUT2D eigenvalue weighted by Crippen LogP contribution is 2.34. The van der Waals surface area contributed by atoms with Gasteiger partial charge in [-0.25, -0.2) is 0 Å². The Bertz CT molecular complexity index is 1450. The van der Waals surface area contributed by atoms with Gasteiger partial charge in [-0.05, 0) is 65.6 Å². The van der Waals surface area contributed by atoms with Gasteiger partial charge in [0.15, 0.2) is 5.78 Å². The van der Waals surface area contributed by atoms with Gasteiger partial charge in [-0.1, -0.05) is 54.0 Å². The minimum atomic E-state index is -0.693. The molecule has 0 N–H and O–H groups in total. The molecule has 0 saturated heterocycles. The highest BCUT2D eigenvalue weighted by atomic mass is 16.7. The summed E-state index contributed by atoms with van der Waals surface area (Å²) in [5, 5.41) is 0. The summed E-state index contributed by atoms with van der Waals surface area (Å²) in [7, 11) is 9.24. The van der Waals surface area contributed by atoms with Crippen molar-refractivity contribution in [3.05, 3.63) is 119 Å². The zero-order valence-electron chi connectivity index (χ0n) is 24.6. The van der Waals surface area contributed by atoms with Gasteiger partial charge in [-0.2, -0.15) is 0 Å². The molecule has 2 radical (unpaired) electrons. The topological polar surface area (TPSA) is 57.2 Å². The molecule has 6 nitrogen and oxygen atoms in total. The summed E-state index contributed by atoms with van der Waals surface area (Å²) in [5.74, 6) is 1.63. The second-order valence-corrected chi connectivity index (χ2v) is 10.9. The molecule has 214 valence electrons. The zero-order valence-corrected chi connectivity index (χ0v) is 24.6. The number of fused-ring (bicyclic) bond motifs is 1. The van der Waals surface area contributed by atoms with Crippen LogP contribution in [0.15, 0.2) is 91.0 Å². The summed E-state index contributed by atoms with van der Waals surface area (Å²) in [4.78, 5) is 16.1. The standard InChI is InChI=1S/C35H36BNO5/c1-35(2)41-23-28-21-27(11-18-33(28)42-35)32(38)22-37(20-19-24-5-12-29(36)13-6-24)34(25-7-14-30(39-3)15-8-25)26-9-16-31(40-4)17-10-26/h5-18,21,34H,19-20,22-23H2,1-4H3. The van der Waals surface area contributed by atoms with Crippen LogP contribution in [0, 0.1) is 0 Å². The molecule has 4 aromatic carbocycles. The molecule has 0 aliphatic carbocycles. The van der Waals surface area contributed by atoms with E-state index in [0.717, 1.165) is 51.4 Å². The van der Waals surface area contributed by atoms with Crippen LogP contribution in [0.25, 0.3) is 0 Å². The van der Waals surface area contributed by atoms with Crippen LogP contribution >= 0.6 is 0 Å². The number of rotatable bonds is 11. The molecule has 0 unspecified atom stereocenters. The number of carbonyl (C=O) groups excluding carboxylic acids is 1. The zero-order chi connectivity index (χ0) is 29.7. The van der Waals surface area contributed by atoms with Gasteiger partial charge in [0.05, 0.1) is 33.4 Å². The Labute approximate surface area is 249 Å². The lowest BCUT2D eigenvalue weighted by molar-refractivity contribution is -0.180. The summed E-state index contributed by atoms with van der Waals surface area (Å²) in [6.07, 6.45) is 0.747. The highest BCUT2D eigenvalue weighted by molar-refractivity contribution is 6.32. The third-order valence-electron chi connectivity index (χ3n) is 7.56. The summed E-state index contributed by atoms with van der Waals surface area (Å²) in [6, 6.07) is 29.4. The predicted octanol–water partition coefficient (Wildman–Crippen LogP) is 5.66. The first-order valence-electron chi connectivity index (χ1n) is 14.1. The van der Waals surface area contributed by atoms with Gasteiger partial charge in [0, 0.05) is 31.5 Å². The molecule has 0 aromatic heterocycles. The number of Topliss-reactive ketones (excluding diaryl/α,β-unsaturated/α-hetero) is 1. The maximum absolute atomic E-state index is 13.9. The summed E-state index contributed by atoms with van der Waals surface area (Å²) in [5.41, 5.74) is 5.48. The number of benzene rings is 4. The van der Waals surface area contributed by atoms with E-state index in [9.17, 15) is 4.79 Å². The van der Waals surface area contributed by atoms with Gasteiger partial charge in [0.25, 0.3) is 0 Å². The lowest BCUT2D eigenvalue weighted by Gasteiger charge is -2.33. The fourth-order valence-corrected chi connectivity index (χ4v) is 5.23. The van der Waals surface area contributed by atoms with Crippen LogP contribution in [-0.4, -0.2) is 51.6 Å². The van der Waals surface area contributed by atoms with Gasteiger partial charge in [-0.15, -0.1) is 0 Å². The Morgan fingerprint density at radius 1 is 0.881 bits per heavy atom. The molecule has 1 heterocycles. The fourth-order valence-electron chi connectivity index (χ4n) is 5.23. The molecule has 0 saturated carbocycles. The van der Waals surface area contributed by atoms with Gasteiger partial charge < -0.3 is 18.9 Å². The number of hydrogen-bond acceptors (Lipinski definition) is 6. The highest BCUT2D eigenvalue weighted by Gasteiger charge is 2.29. The van der Waals surface area contributed by atoms with E-state index in [0.29, 0.717) is 18.7 Å². The number of hydrogen-bond donors (Lipinski definition) is 0. The average molecular weight is 561 g/mol. The molecule has 5 rings (SSSR count). The largest absolute Gasteiger partial charge is 0.497 e. The van der Waals surface area contributed by atoms with Crippen LogP contribution in [-0.2, 0) is 17.8 Å². The Kier molecular flexibility index (Phi) is 9.00. The van der Waals surface area contributed by atoms with Gasteiger partial charge in [-0.3, -0.25) is 9.69 Å². The van der Waals surface area contributed by atoms with E-state index in [2.05, 4.69) is 29.2 Å². The van der Waals surface area contributed by atoms with E-state index in [1.165, 1.54) is 0 Å². The summed E-state index contributed by atoms with van der Waals surface area (Å²) < 4.78 is 22.6. The smallest absolute Gasteiger partial charge is 0.205 e. The Balaban J connectivity index is 1.49. The molecule has 7 heteroatoms. The molecule has 0 fully saturated rings. The second-order valence-electron chi connectivity index (χ2n) is 10.9. The van der Waals surface area contributed by atoms with E-state index in [1.54, 1.807) is 14.2 Å². The van der Waals surface area contributed by atoms with Crippen molar-refractivity contribution in [2.75, 3.05) is 27.3 Å². The third-order valence-corrected chi connectivity index (χ3v) is 7.56. The van der Waals surface area contributed by atoms with Crippen molar-refractivity contribution in [1.82, 2.24) is 4.90 Å². The first-order valence-corrected chi connectivity index (χ1v) is 14.1. The molecule has 0 bridgehead atoms. The molecule has 0 amide bonds. The minimum absolute atomic E-state index is 0.0203. The van der Waals surface area contributed by atoms with Crippen molar-refractivity contribution in [2.24, 2.45) is 0 Å². The molecule has 0 spiro atoms. The molecule has 1 aliphatic heterocycles. The first kappa shape index (κ1) is 29.4. The van der Waals surface area contributed by atoms with E-state index >= 15 is 0 Å². The van der Waals surface area contributed by atoms with Crippen molar-refractivity contribution < 1.29 is 23.7 Å². The predicted molar refractivity (Wildman–Crippen MR) is 165 cm³/mol. The van der Waals surface area contributed by atoms with Crippen LogP contribution in [0.4, 0.5) is 0 Å². The van der Waals surface area contributed by atoms with Crippen molar-refractivity contribution >= 4 is 19.1 Å². The molecule has 1 aliphatic rings. The molecule has 0 atom stereocenters. The molecular weight excluding hydrogens is 525 g/mol. The Morgan fingerprint density at radius 3 is 2.05 bits per heavy atom. The van der Waals surface area contributed by atoms with Crippen molar-refractivity contribution in [2.45, 2.75) is 38.7 Å². The quantitative estimate of drug-likeness (QED) is 0.174. The van der Waals surface area contributed by atoms with E-state index in [4.69, 9.17) is 26.8 Å². The SMILES string of the molecule is [B]c1ccc(CCN(CC(=O)c2ccc3c(c2)COC(C)(C)O3)C(c2ccc(OC)cc2)c2ccc(OC)cc2)cc1. The number of ketones is 1. The van der Waals surface area contributed by atoms with Gasteiger partial charge in [0.2, 0.25) is 5.79 Å². The fraction of sp³-hybridized carbons (Fsp3) is 0.286. The van der Waals surface area contributed by atoms with Gasteiger partial charge in [0.1, 0.15) is 25.1 Å². The van der Waals surface area contributed by atoms with Crippen LogP contribution < -0.4 is 19.7 Å². The molecule has 4 aromatic rings. The van der Waals surface area contributed by atoms with Crippen molar-refractivity contribution in [3.8, 4) is 17.2 Å². The van der Waals surface area contributed by atoms with E-state index in [-0.39, 0.29) is 18.4 Å². The Hall–Kier alpha value is -4.07. The van der Waals surface area contributed by atoms with Crippen LogP contribution in [0.3, 0.4) is 0 Å². The maximum atomic E-state index is 13.9. The number of ether oxygens (including phenoxy) is 4. The minimum Gasteiger partial charge on any atom is -0.497 e. The first-order chi connectivity index (χ1) is 20.2. The average Bonchev–Trinajstić information content (AvgIpc) is 3.00. The monoisotopic (exact) mass is 561 g/mol. The summed E-state index contributed by atoms with van der Waals surface area (Å²) >= 11 is 0. The molecule has 42 heavy (non-hydrogen) atoms. The van der Waals surface area contributed by atoms with Crippen LogP contribution in [0.1, 0.15) is 52.5 Å². The van der Waals surface area contributed by atoms with Crippen molar-refractivity contribution in [3.63, 3.8) is 0 Å². The number of methoxy groups -OCH3 is 2.